The third kappa shape index (κ3) is 4.95. The van der Waals surface area contributed by atoms with Crippen LogP contribution >= 0.6 is 0 Å². The third-order valence-corrected chi connectivity index (χ3v) is 6.77. The van der Waals surface area contributed by atoms with E-state index in [1.54, 1.807) is 23.3 Å². The summed E-state index contributed by atoms with van der Waals surface area (Å²) in [5, 5.41) is 0. The molecule has 152 valence electrons. The maximum Gasteiger partial charge on any atom is 0.261 e. The number of sulfone groups is 1. The zero-order valence-corrected chi connectivity index (χ0v) is 17.4. The predicted octanol–water partition coefficient (Wildman–Crippen LogP) is 3.31. The largest absolute Gasteiger partial charge is 0.483 e. The Morgan fingerprint density at radius 3 is 2.71 bits per heavy atom. The van der Waals surface area contributed by atoms with Crippen molar-refractivity contribution in [3.8, 4) is 5.75 Å². The molecule has 1 aromatic heterocycles. The van der Waals surface area contributed by atoms with Gasteiger partial charge in [-0.25, -0.2) is 8.42 Å². The van der Waals surface area contributed by atoms with Gasteiger partial charge in [-0.2, -0.15) is 0 Å². The standard InChI is InChI=1S/C21H27NO5S/c1-15(2)19-7-6-16(3)11-20(19)27-13-21(23)22(12-18-5-4-9-26-18)17-8-10-28(24,25)14-17/h4-7,9,11,15,17H,8,10,12-14H2,1-3H3. The summed E-state index contributed by atoms with van der Waals surface area (Å²) in [6.07, 6.45) is 1.98. The molecule has 0 radical (unpaired) electrons. The van der Waals surface area contributed by atoms with Crippen molar-refractivity contribution in [1.29, 1.82) is 0 Å². The van der Waals surface area contributed by atoms with Crippen LogP contribution in [0.25, 0.3) is 0 Å². The second kappa shape index (κ2) is 8.39. The molecule has 1 aliphatic rings. The summed E-state index contributed by atoms with van der Waals surface area (Å²) < 4.78 is 35.1. The van der Waals surface area contributed by atoms with E-state index >= 15 is 0 Å². The number of ether oxygens (including phenoxy) is 1. The molecule has 1 fully saturated rings. The van der Waals surface area contributed by atoms with Crippen molar-refractivity contribution in [2.24, 2.45) is 0 Å². The Morgan fingerprint density at radius 2 is 2.11 bits per heavy atom. The fourth-order valence-electron chi connectivity index (χ4n) is 3.48. The van der Waals surface area contributed by atoms with Gasteiger partial charge in [0.2, 0.25) is 0 Å². The molecule has 1 atom stereocenters. The van der Waals surface area contributed by atoms with Crippen molar-refractivity contribution < 1.29 is 22.4 Å². The molecule has 1 amide bonds. The van der Waals surface area contributed by atoms with E-state index in [1.165, 1.54) is 0 Å². The van der Waals surface area contributed by atoms with Crippen LogP contribution in [0.3, 0.4) is 0 Å². The quantitative estimate of drug-likeness (QED) is 0.706. The minimum atomic E-state index is -3.11. The van der Waals surface area contributed by atoms with E-state index in [2.05, 4.69) is 13.8 Å². The average molecular weight is 406 g/mol. The number of hydrogen-bond acceptors (Lipinski definition) is 5. The lowest BCUT2D eigenvalue weighted by atomic mass is 10.0. The molecule has 1 saturated heterocycles. The number of carbonyl (C=O) groups is 1. The van der Waals surface area contributed by atoms with Crippen LogP contribution in [0.1, 0.15) is 43.1 Å². The van der Waals surface area contributed by atoms with E-state index in [9.17, 15) is 13.2 Å². The number of amides is 1. The molecule has 2 aromatic rings. The molecule has 6 nitrogen and oxygen atoms in total. The zero-order valence-electron chi connectivity index (χ0n) is 16.6. The van der Waals surface area contributed by atoms with Crippen LogP contribution in [0.4, 0.5) is 0 Å². The van der Waals surface area contributed by atoms with Gasteiger partial charge in [0.1, 0.15) is 11.5 Å². The van der Waals surface area contributed by atoms with Gasteiger partial charge >= 0.3 is 0 Å². The van der Waals surface area contributed by atoms with E-state index in [-0.39, 0.29) is 42.5 Å². The fourth-order valence-corrected chi connectivity index (χ4v) is 5.21. The topological polar surface area (TPSA) is 76.8 Å². The van der Waals surface area contributed by atoms with E-state index in [0.717, 1.165) is 11.1 Å². The van der Waals surface area contributed by atoms with E-state index in [1.807, 2.05) is 25.1 Å². The van der Waals surface area contributed by atoms with Crippen molar-refractivity contribution in [2.75, 3.05) is 18.1 Å². The van der Waals surface area contributed by atoms with Gasteiger partial charge in [0.05, 0.1) is 24.3 Å². The van der Waals surface area contributed by atoms with Crippen molar-refractivity contribution in [3.05, 3.63) is 53.5 Å². The number of nitrogens with zero attached hydrogens (tertiary/aromatic N) is 1. The summed E-state index contributed by atoms with van der Waals surface area (Å²) in [5.74, 6) is 1.44. The zero-order chi connectivity index (χ0) is 20.3. The predicted molar refractivity (Wildman–Crippen MR) is 107 cm³/mol. The molecule has 0 aliphatic carbocycles. The minimum Gasteiger partial charge on any atom is -0.483 e. The molecule has 1 aliphatic heterocycles. The molecular formula is C21H27NO5S. The monoisotopic (exact) mass is 405 g/mol. The molecule has 0 saturated carbocycles. The van der Waals surface area contributed by atoms with Crippen LogP contribution < -0.4 is 4.74 Å². The minimum absolute atomic E-state index is 0.0128. The maximum absolute atomic E-state index is 13.0. The molecule has 0 bridgehead atoms. The lowest BCUT2D eigenvalue weighted by Crippen LogP contribution is -2.43. The van der Waals surface area contributed by atoms with Crippen LogP contribution in [-0.2, 0) is 21.2 Å². The summed E-state index contributed by atoms with van der Waals surface area (Å²) in [6, 6.07) is 9.15. The van der Waals surface area contributed by atoms with Crippen molar-refractivity contribution in [3.63, 3.8) is 0 Å². The Hall–Kier alpha value is -2.28. The first-order chi connectivity index (χ1) is 13.2. The van der Waals surface area contributed by atoms with Crippen LogP contribution in [0.2, 0.25) is 0 Å². The summed E-state index contributed by atoms with van der Waals surface area (Å²) in [6.45, 7) is 6.23. The lowest BCUT2D eigenvalue weighted by molar-refractivity contribution is -0.136. The molecule has 7 heteroatoms. The van der Waals surface area contributed by atoms with Gasteiger partial charge in [0.25, 0.3) is 5.91 Å². The average Bonchev–Trinajstić information content (AvgIpc) is 3.26. The van der Waals surface area contributed by atoms with E-state index in [4.69, 9.17) is 9.15 Å². The maximum atomic E-state index is 13.0. The first-order valence-corrected chi connectivity index (χ1v) is 11.3. The molecule has 3 rings (SSSR count). The number of rotatable bonds is 7. The third-order valence-electron chi connectivity index (χ3n) is 5.02. The van der Waals surface area contributed by atoms with Crippen LogP contribution in [0.15, 0.2) is 41.0 Å². The van der Waals surface area contributed by atoms with Crippen LogP contribution in [-0.4, -0.2) is 43.4 Å². The van der Waals surface area contributed by atoms with Crippen molar-refractivity contribution in [1.82, 2.24) is 4.90 Å². The highest BCUT2D eigenvalue weighted by molar-refractivity contribution is 7.91. The molecule has 2 heterocycles. The van der Waals surface area contributed by atoms with Gasteiger partial charge in [0, 0.05) is 6.04 Å². The van der Waals surface area contributed by atoms with Gasteiger partial charge in [-0.3, -0.25) is 4.79 Å². The molecule has 28 heavy (non-hydrogen) atoms. The van der Waals surface area contributed by atoms with Gasteiger partial charge in [-0.05, 0) is 48.6 Å². The molecule has 0 spiro atoms. The van der Waals surface area contributed by atoms with Gasteiger partial charge in [-0.1, -0.05) is 26.0 Å². The molecule has 1 aromatic carbocycles. The fraction of sp³-hybridized carbons (Fsp3) is 0.476. The Labute approximate surface area is 166 Å². The van der Waals surface area contributed by atoms with E-state index in [0.29, 0.717) is 17.9 Å². The number of aryl methyl sites for hydroxylation is 1. The summed E-state index contributed by atoms with van der Waals surface area (Å²) in [4.78, 5) is 14.5. The van der Waals surface area contributed by atoms with Crippen molar-refractivity contribution >= 4 is 15.7 Å². The van der Waals surface area contributed by atoms with Crippen LogP contribution in [0, 0.1) is 6.92 Å². The van der Waals surface area contributed by atoms with Gasteiger partial charge in [-0.15, -0.1) is 0 Å². The van der Waals surface area contributed by atoms with Crippen LogP contribution in [0.5, 0.6) is 5.75 Å². The Bertz CT molecular complexity index is 918. The lowest BCUT2D eigenvalue weighted by Gasteiger charge is -2.27. The molecule has 0 N–H and O–H groups in total. The number of hydrogen-bond donors (Lipinski definition) is 0. The van der Waals surface area contributed by atoms with Gasteiger partial charge < -0.3 is 14.1 Å². The number of carbonyl (C=O) groups excluding carboxylic acids is 1. The second-order valence-corrected chi connectivity index (χ2v) is 9.87. The molecular weight excluding hydrogens is 378 g/mol. The smallest absolute Gasteiger partial charge is 0.261 e. The van der Waals surface area contributed by atoms with Crippen molar-refractivity contribution in [2.45, 2.75) is 45.7 Å². The highest BCUT2D eigenvalue weighted by Crippen LogP contribution is 2.28. The first kappa shape index (κ1) is 20.5. The van der Waals surface area contributed by atoms with E-state index < -0.39 is 9.84 Å². The SMILES string of the molecule is Cc1ccc(C(C)C)c(OCC(=O)N(Cc2ccco2)C2CCS(=O)(=O)C2)c1. The Kier molecular flexibility index (Phi) is 6.13. The summed E-state index contributed by atoms with van der Waals surface area (Å²) in [5.41, 5.74) is 2.10. The summed E-state index contributed by atoms with van der Waals surface area (Å²) >= 11 is 0. The second-order valence-electron chi connectivity index (χ2n) is 7.64. The Balaban J connectivity index is 1.75. The normalized spacial score (nSPS) is 18.4. The molecule has 1 unspecified atom stereocenters. The highest BCUT2D eigenvalue weighted by atomic mass is 32.2. The highest BCUT2D eigenvalue weighted by Gasteiger charge is 2.35. The number of furan rings is 1. The first-order valence-electron chi connectivity index (χ1n) is 9.51. The number of benzene rings is 1. The summed E-state index contributed by atoms with van der Waals surface area (Å²) in [7, 11) is -3.11. The van der Waals surface area contributed by atoms with Gasteiger partial charge in [0.15, 0.2) is 16.4 Å². The Morgan fingerprint density at radius 1 is 1.32 bits per heavy atom.